The van der Waals surface area contributed by atoms with Gasteiger partial charge in [0.15, 0.2) is 0 Å². The molecule has 1 aliphatic heterocycles. The summed E-state index contributed by atoms with van der Waals surface area (Å²) in [5.41, 5.74) is 1.08. The van der Waals surface area contributed by atoms with Gasteiger partial charge in [-0.1, -0.05) is 18.2 Å². The van der Waals surface area contributed by atoms with Crippen molar-refractivity contribution in [2.24, 2.45) is 0 Å². The third-order valence-corrected chi connectivity index (χ3v) is 4.68. The minimum absolute atomic E-state index is 0.000308. The summed E-state index contributed by atoms with van der Waals surface area (Å²) in [7, 11) is 0. The summed E-state index contributed by atoms with van der Waals surface area (Å²) < 4.78 is 19.4. The second kappa shape index (κ2) is 7.61. The minimum Gasteiger partial charge on any atom is -0.419 e. The van der Waals surface area contributed by atoms with Gasteiger partial charge in [0, 0.05) is 31.9 Å². The number of amides is 1. The highest BCUT2D eigenvalue weighted by Gasteiger charge is 2.31. The first kappa shape index (κ1) is 17.3. The number of hydrogen-bond donors (Lipinski definition) is 0. The van der Waals surface area contributed by atoms with Crippen LogP contribution >= 0.6 is 0 Å². The van der Waals surface area contributed by atoms with Crippen LogP contribution in [-0.2, 0) is 11.2 Å². The van der Waals surface area contributed by atoms with Crippen LogP contribution in [0.25, 0.3) is 11.6 Å². The van der Waals surface area contributed by atoms with Gasteiger partial charge in [-0.3, -0.25) is 9.78 Å². The number of nitrogens with zero attached hydrogens (tertiary/aromatic N) is 5. The van der Waals surface area contributed by atoms with Crippen LogP contribution in [0.5, 0.6) is 0 Å². The van der Waals surface area contributed by atoms with Crippen molar-refractivity contribution < 1.29 is 13.6 Å². The summed E-state index contributed by atoms with van der Waals surface area (Å²) in [4.78, 5) is 22.4. The number of aryl methyl sites for hydroxylation is 1. The van der Waals surface area contributed by atoms with Gasteiger partial charge in [0.05, 0.1) is 12.1 Å². The van der Waals surface area contributed by atoms with Crippen molar-refractivity contribution in [3.63, 3.8) is 0 Å². The lowest BCUT2D eigenvalue weighted by Gasteiger charge is -2.15. The van der Waals surface area contributed by atoms with Crippen LogP contribution in [0.15, 0.2) is 47.3 Å². The molecule has 8 heteroatoms. The number of carbonyl (C=O) groups is 1. The molecule has 1 saturated heterocycles. The molecule has 3 heterocycles. The van der Waals surface area contributed by atoms with E-state index >= 15 is 0 Å². The number of benzene rings is 1. The number of likely N-dealkylation sites (tertiary alicyclic amines) is 1. The van der Waals surface area contributed by atoms with Gasteiger partial charge in [-0.05, 0) is 24.5 Å². The Hall–Kier alpha value is -3.16. The molecule has 0 saturated carbocycles. The Kier molecular flexibility index (Phi) is 4.86. The van der Waals surface area contributed by atoms with E-state index in [0.29, 0.717) is 42.5 Å². The number of carbonyl (C=O) groups excluding carboxylic acids is 1. The minimum atomic E-state index is -0.271. The zero-order valence-corrected chi connectivity index (χ0v) is 14.6. The lowest BCUT2D eigenvalue weighted by atomic mass is 10.1. The second-order valence-electron chi connectivity index (χ2n) is 6.45. The van der Waals surface area contributed by atoms with Crippen molar-refractivity contribution in [2.45, 2.75) is 25.2 Å². The van der Waals surface area contributed by atoms with Crippen LogP contribution in [0.4, 0.5) is 4.39 Å². The molecule has 0 aliphatic carbocycles. The maximum absolute atomic E-state index is 13.7. The highest BCUT2D eigenvalue weighted by molar-refractivity contribution is 5.76. The molecule has 1 amide bonds. The summed E-state index contributed by atoms with van der Waals surface area (Å²) in [6, 6.07) is 6.54. The third-order valence-electron chi connectivity index (χ3n) is 4.68. The molecule has 0 unspecified atom stereocenters. The van der Waals surface area contributed by atoms with Crippen molar-refractivity contribution in [1.29, 1.82) is 0 Å². The van der Waals surface area contributed by atoms with E-state index in [1.54, 1.807) is 41.7 Å². The molecular formula is C19H18FN5O2. The highest BCUT2D eigenvalue weighted by atomic mass is 19.1. The molecule has 3 aromatic rings. The maximum atomic E-state index is 13.7. The Bertz CT molecular complexity index is 931. The van der Waals surface area contributed by atoms with Gasteiger partial charge in [0.2, 0.25) is 11.8 Å². The van der Waals surface area contributed by atoms with Crippen molar-refractivity contribution >= 4 is 5.91 Å². The Morgan fingerprint density at radius 1 is 1.26 bits per heavy atom. The lowest BCUT2D eigenvalue weighted by molar-refractivity contribution is -0.130. The number of rotatable bonds is 5. The van der Waals surface area contributed by atoms with Crippen molar-refractivity contribution in [3.05, 3.63) is 60.1 Å². The van der Waals surface area contributed by atoms with Gasteiger partial charge < -0.3 is 9.32 Å². The number of aromatic nitrogens is 4. The average molecular weight is 367 g/mol. The first-order valence-electron chi connectivity index (χ1n) is 8.81. The van der Waals surface area contributed by atoms with E-state index in [9.17, 15) is 9.18 Å². The zero-order chi connectivity index (χ0) is 18.6. The van der Waals surface area contributed by atoms with E-state index in [4.69, 9.17) is 4.42 Å². The molecule has 0 N–H and O–H groups in total. The lowest BCUT2D eigenvalue weighted by Crippen LogP contribution is -2.28. The van der Waals surface area contributed by atoms with Crippen molar-refractivity contribution in [1.82, 2.24) is 25.1 Å². The van der Waals surface area contributed by atoms with Gasteiger partial charge in [0.25, 0.3) is 5.89 Å². The fourth-order valence-corrected chi connectivity index (χ4v) is 3.20. The van der Waals surface area contributed by atoms with Gasteiger partial charge in [0.1, 0.15) is 11.5 Å². The van der Waals surface area contributed by atoms with E-state index < -0.39 is 0 Å². The van der Waals surface area contributed by atoms with Gasteiger partial charge in [-0.15, -0.1) is 10.2 Å². The summed E-state index contributed by atoms with van der Waals surface area (Å²) in [6.07, 6.45) is 6.12. The molecule has 0 radical (unpaired) electrons. The Labute approximate surface area is 155 Å². The second-order valence-corrected chi connectivity index (χ2v) is 6.45. The molecule has 4 rings (SSSR count). The quantitative estimate of drug-likeness (QED) is 0.689. The largest absolute Gasteiger partial charge is 0.419 e. The molecular weight excluding hydrogens is 349 g/mol. The molecule has 27 heavy (non-hydrogen) atoms. The molecule has 1 aliphatic rings. The first-order valence-corrected chi connectivity index (χ1v) is 8.81. The predicted octanol–water partition coefficient (Wildman–Crippen LogP) is 2.61. The molecule has 138 valence electrons. The molecule has 1 atom stereocenters. The summed E-state index contributed by atoms with van der Waals surface area (Å²) in [5, 5.41) is 8.12. The monoisotopic (exact) mass is 367 g/mol. The Balaban J connectivity index is 1.35. The summed E-state index contributed by atoms with van der Waals surface area (Å²) in [5.74, 6) is 0.559. The maximum Gasteiger partial charge on any atom is 0.267 e. The zero-order valence-electron chi connectivity index (χ0n) is 14.6. The first-order chi connectivity index (χ1) is 13.2. The van der Waals surface area contributed by atoms with E-state index in [0.717, 1.165) is 6.42 Å². The molecule has 2 aromatic heterocycles. The average Bonchev–Trinajstić information content (AvgIpc) is 3.37. The number of hydrogen-bond acceptors (Lipinski definition) is 6. The standard InChI is InChI=1S/C19H18FN5O2/c20-15-4-2-1-3-13(15)5-6-17(26)25-10-7-14(12-25)18-23-24-19(27-18)16-11-21-8-9-22-16/h1-4,8-9,11,14H,5-7,10,12H2/t14-/m0/s1. The molecule has 1 aromatic carbocycles. The van der Waals surface area contributed by atoms with Crippen molar-refractivity contribution in [3.8, 4) is 11.6 Å². The van der Waals surface area contributed by atoms with Crippen molar-refractivity contribution in [2.75, 3.05) is 13.1 Å². The van der Waals surface area contributed by atoms with Crippen LogP contribution in [0, 0.1) is 5.82 Å². The van der Waals surface area contributed by atoms with E-state index in [1.165, 1.54) is 6.07 Å². The van der Waals surface area contributed by atoms with Crippen LogP contribution < -0.4 is 0 Å². The smallest absolute Gasteiger partial charge is 0.267 e. The Morgan fingerprint density at radius 3 is 2.96 bits per heavy atom. The number of halogens is 1. The van der Waals surface area contributed by atoms with E-state index in [2.05, 4.69) is 20.2 Å². The summed E-state index contributed by atoms with van der Waals surface area (Å²) >= 11 is 0. The van der Waals surface area contributed by atoms with Gasteiger partial charge in [-0.25, -0.2) is 9.37 Å². The molecule has 0 bridgehead atoms. The highest BCUT2D eigenvalue weighted by Crippen LogP contribution is 2.28. The van der Waals surface area contributed by atoms with E-state index in [1.807, 2.05) is 0 Å². The molecule has 0 spiro atoms. The topological polar surface area (TPSA) is 85.0 Å². The Morgan fingerprint density at radius 2 is 2.15 bits per heavy atom. The fourth-order valence-electron chi connectivity index (χ4n) is 3.20. The third kappa shape index (κ3) is 3.84. The van der Waals surface area contributed by atoms with Gasteiger partial charge in [-0.2, -0.15) is 0 Å². The van der Waals surface area contributed by atoms with Crippen LogP contribution in [0.1, 0.15) is 30.2 Å². The fraction of sp³-hybridized carbons (Fsp3) is 0.316. The predicted molar refractivity (Wildman–Crippen MR) is 94.0 cm³/mol. The normalized spacial score (nSPS) is 16.6. The summed E-state index contributed by atoms with van der Waals surface area (Å²) in [6.45, 7) is 1.15. The van der Waals surface area contributed by atoms with Gasteiger partial charge >= 0.3 is 0 Å². The van der Waals surface area contributed by atoms with Crippen LogP contribution in [0.2, 0.25) is 0 Å². The van der Waals surface area contributed by atoms with Crippen LogP contribution in [0.3, 0.4) is 0 Å². The van der Waals surface area contributed by atoms with E-state index in [-0.39, 0.29) is 24.1 Å². The molecule has 7 nitrogen and oxygen atoms in total. The molecule has 1 fully saturated rings. The van der Waals surface area contributed by atoms with Crippen LogP contribution in [-0.4, -0.2) is 44.1 Å². The SMILES string of the molecule is O=C(CCc1ccccc1F)N1CC[C@H](c2nnc(-c3cnccn3)o2)C1.